The first kappa shape index (κ1) is 21.6. The summed E-state index contributed by atoms with van der Waals surface area (Å²) in [5.74, 6) is 1.38. The average molecular weight is 403 g/mol. The Hall–Kier alpha value is -2.12. The van der Waals surface area contributed by atoms with Crippen molar-refractivity contribution in [2.75, 3.05) is 46.5 Å². The Morgan fingerprint density at radius 2 is 2.17 bits per heavy atom. The zero-order chi connectivity index (χ0) is 20.5. The number of aliphatic imine (C=N–C) groups is 1. The molecule has 2 atom stereocenters. The lowest BCUT2D eigenvalue weighted by Crippen LogP contribution is -2.41. The monoisotopic (exact) mass is 402 g/mol. The van der Waals surface area contributed by atoms with Crippen LogP contribution in [0, 0.1) is 5.92 Å². The number of guanidine groups is 1. The molecule has 0 saturated carbocycles. The molecule has 0 aliphatic carbocycles. The zero-order valence-electron chi connectivity index (χ0n) is 17.7. The van der Waals surface area contributed by atoms with E-state index in [9.17, 15) is 4.79 Å². The van der Waals surface area contributed by atoms with Crippen molar-refractivity contribution >= 4 is 11.9 Å². The molecule has 7 heteroatoms. The van der Waals surface area contributed by atoms with Crippen LogP contribution in [0.25, 0.3) is 0 Å². The third kappa shape index (κ3) is 6.72. The summed E-state index contributed by atoms with van der Waals surface area (Å²) in [7, 11) is 2.06. The molecular formula is C22H34N4O3. The molecule has 29 heavy (non-hydrogen) atoms. The van der Waals surface area contributed by atoms with E-state index in [1.54, 1.807) is 0 Å². The van der Waals surface area contributed by atoms with Gasteiger partial charge in [-0.05, 0) is 43.9 Å². The predicted molar refractivity (Wildman–Crippen MR) is 114 cm³/mol. The van der Waals surface area contributed by atoms with Crippen LogP contribution in [0.1, 0.15) is 42.1 Å². The molecule has 1 aromatic carbocycles. The van der Waals surface area contributed by atoms with Gasteiger partial charge in [0.15, 0.2) is 5.96 Å². The van der Waals surface area contributed by atoms with Gasteiger partial charge in [-0.2, -0.15) is 0 Å². The lowest BCUT2D eigenvalue weighted by molar-refractivity contribution is 0.0857. The SMILES string of the molecule is CCNC(=NCc1cccc(C(=O)NCC2CCCO2)c1)N(C)CC1CCOC1. The maximum Gasteiger partial charge on any atom is 0.251 e. The Morgan fingerprint density at radius 3 is 2.90 bits per heavy atom. The standard InChI is InChI=1S/C22H34N4O3/c1-3-23-22(26(2)15-18-9-11-28-16-18)25-13-17-6-4-7-19(12-17)21(27)24-14-20-8-5-10-29-20/h4,6-7,12,18,20H,3,5,8-11,13-16H2,1-2H3,(H,23,25)(H,24,27). The van der Waals surface area contributed by atoms with Crippen molar-refractivity contribution in [3.63, 3.8) is 0 Å². The van der Waals surface area contributed by atoms with Gasteiger partial charge < -0.3 is 25.0 Å². The molecule has 2 unspecified atom stereocenters. The van der Waals surface area contributed by atoms with Crippen LogP contribution in [0.15, 0.2) is 29.3 Å². The number of carbonyl (C=O) groups is 1. The van der Waals surface area contributed by atoms with Crippen molar-refractivity contribution in [3.8, 4) is 0 Å². The second-order valence-electron chi connectivity index (χ2n) is 7.83. The van der Waals surface area contributed by atoms with Gasteiger partial charge in [-0.25, -0.2) is 4.99 Å². The van der Waals surface area contributed by atoms with E-state index in [-0.39, 0.29) is 12.0 Å². The van der Waals surface area contributed by atoms with E-state index in [1.807, 2.05) is 24.3 Å². The van der Waals surface area contributed by atoms with Crippen molar-refractivity contribution in [3.05, 3.63) is 35.4 Å². The lowest BCUT2D eigenvalue weighted by atomic mass is 10.1. The summed E-state index contributed by atoms with van der Waals surface area (Å²) in [6, 6.07) is 7.69. The number of ether oxygens (including phenoxy) is 2. The summed E-state index contributed by atoms with van der Waals surface area (Å²) in [5, 5.41) is 6.34. The normalized spacial score (nSPS) is 21.9. The molecule has 1 aromatic rings. The van der Waals surface area contributed by atoms with Crippen molar-refractivity contribution in [2.45, 2.75) is 38.8 Å². The quantitative estimate of drug-likeness (QED) is 0.514. The molecular weight excluding hydrogens is 368 g/mol. The van der Waals surface area contributed by atoms with Gasteiger partial charge in [0.2, 0.25) is 0 Å². The Bertz CT molecular complexity index is 682. The van der Waals surface area contributed by atoms with Crippen LogP contribution in [0.2, 0.25) is 0 Å². The molecule has 2 heterocycles. The van der Waals surface area contributed by atoms with Gasteiger partial charge in [0, 0.05) is 51.4 Å². The highest BCUT2D eigenvalue weighted by Crippen LogP contribution is 2.14. The molecule has 2 N–H and O–H groups in total. The molecule has 2 saturated heterocycles. The van der Waals surface area contributed by atoms with E-state index in [1.165, 1.54) is 0 Å². The largest absolute Gasteiger partial charge is 0.381 e. The van der Waals surface area contributed by atoms with Gasteiger partial charge in [0.05, 0.1) is 19.3 Å². The fraction of sp³-hybridized carbons (Fsp3) is 0.636. The molecule has 1 amide bonds. The maximum absolute atomic E-state index is 12.5. The van der Waals surface area contributed by atoms with E-state index >= 15 is 0 Å². The number of rotatable bonds is 8. The number of carbonyl (C=O) groups excluding carboxylic acids is 1. The molecule has 0 aromatic heterocycles. The third-order valence-corrected chi connectivity index (χ3v) is 5.37. The third-order valence-electron chi connectivity index (χ3n) is 5.37. The summed E-state index contributed by atoms with van der Waals surface area (Å²) in [4.78, 5) is 19.4. The van der Waals surface area contributed by atoms with E-state index in [4.69, 9.17) is 14.5 Å². The zero-order valence-corrected chi connectivity index (χ0v) is 17.7. The van der Waals surface area contributed by atoms with Gasteiger partial charge >= 0.3 is 0 Å². The van der Waals surface area contributed by atoms with Crippen LogP contribution in [0.3, 0.4) is 0 Å². The molecule has 0 radical (unpaired) electrons. The number of hydrogen-bond donors (Lipinski definition) is 2. The maximum atomic E-state index is 12.5. The van der Waals surface area contributed by atoms with Crippen molar-refractivity contribution in [1.29, 1.82) is 0 Å². The van der Waals surface area contributed by atoms with E-state index in [2.05, 4.69) is 29.5 Å². The Kier molecular flexibility index (Phi) is 8.31. The molecule has 0 bridgehead atoms. The highest BCUT2D eigenvalue weighted by atomic mass is 16.5. The number of benzene rings is 1. The topological polar surface area (TPSA) is 75.2 Å². The Morgan fingerprint density at radius 1 is 1.28 bits per heavy atom. The Balaban J connectivity index is 1.56. The van der Waals surface area contributed by atoms with Crippen molar-refractivity contribution in [1.82, 2.24) is 15.5 Å². The van der Waals surface area contributed by atoms with Crippen molar-refractivity contribution in [2.24, 2.45) is 10.9 Å². The smallest absolute Gasteiger partial charge is 0.251 e. The van der Waals surface area contributed by atoms with Gasteiger partial charge in [-0.3, -0.25) is 4.79 Å². The highest BCUT2D eigenvalue weighted by Gasteiger charge is 2.19. The average Bonchev–Trinajstić information content (AvgIpc) is 3.43. The van der Waals surface area contributed by atoms with E-state index < -0.39 is 0 Å². The molecule has 160 valence electrons. The van der Waals surface area contributed by atoms with Crippen LogP contribution >= 0.6 is 0 Å². The van der Waals surface area contributed by atoms with Gasteiger partial charge in [-0.1, -0.05) is 12.1 Å². The first-order chi connectivity index (χ1) is 14.2. The van der Waals surface area contributed by atoms with E-state index in [0.717, 1.165) is 63.7 Å². The number of nitrogens with zero attached hydrogens (tertiary/aromatic N) is 2. The summed E-state index contributed by atoms with van der Waals surface area (Å²) in [5.41, 5.74) is 1.68. The van der Waals surface area contributed by atoms with Crippen LogP contribution in [0.4, 0.5) is 0 Å². The van der Waals surface area contributed by atoms with Gasteiger partial charge in [-0.15, -0.1) is 0 Å². The van der Waals surface area contributed by atoms with Crippen LogP contribution < -0.4 is 10.6 Å². The second kappa shape index (κ2) is 11.2. The van der Waals surface area contributed by atoms with Crippen LogP contribution in [-0.2, 0) is 16.0 Å². The molecule has 2 aliphatic heterocycles. The second-order valence-corrected chi connectivity index (χ2v) is 7.83. The first-order valence-electron chi connectivity index (χ1n) is 10.7. The van der Waals surface area contributed by atoms with Crippen LogP contribution in [0.5, 0.6) is 0 Å². The minimum atomic E-state index is -0.0587. The van der Waals surface area contributed by atoms with Crippen LogP contribution in [-0.4, -0.2) is 69.4 Å². The van der Waals surface area contributed by atoms with Gasteiger partial charge in [0.1, 0.15) is 0 Å². The fourth-order valence-electron chi connectivity index (χ4n) is 3.76. The minimum absolute atomic E-state index is 0.0587. The van der Waals surface area contributed by atoms with Crippen molar-refractivity contribution < 1.29 is 14.3 Å². The van der Waals surface area contributed by atoms with Gasteiger partial charge in [0.25, 0.3) is 5.91 Å². The lowest BCUT2D eigenvalue weighted by Gasteiger charge is -2.24. The number of nitrogens with one attached hydrogen (secondary N) is 2. The van der Waals surface area contributed by atoms with E-state index in [0.29, 0.717) is 24.6 Å². The predicted octanol–water partition coefficient (Wildman–Crippen LogP) is 2.03. The summed E-state index contributed by atoms with van der Waals surface area (Å²) in [6.07, 6.45) is 3.34. The molecule has 2 aliphatic rings. The highest BCUT2D eigenvalue weighted by molar-refractivity contribution is 5.94. The molecule has 7 nitrogen and oxygen atoms in total. The minimum Gasteiger partial charge on any atom is -0.381 e. The number of hydrogen-bond acceptors (Lipinski definition) is 4. The molecule has 0 spiro atoms. The Labute approximate surface area is 173 Å². The fourth-order valence-corrected chi connectivity index (χ4v) is 3.76. The number of amides is 1. The molecule has 2 fully saturated rings. The summed E-state index contributed by atoms with van der Waals surface area (Å²) < 4.78 is 11.1. The summed E-state index contributed by atoms with van der Waals surface area (Å²) in [6.45, 7) is 7.39. The summed E-state index contributed by atoms with van der Waals surface area (Å²) >= 11 is 0. The molecule has 3 rings (SSSR count). The first-order valence-corrected chi connectivity index (χ1v) is 10.7.